The molecule has 0 saturated heterocycles. The van der Waals surface area contributed by atoms with Crippen LogP contribution in [0.25, 0.3) is 0 Å². The predicted molar refractivity (Wildman–Crippen MR) is 87.4 cm³/mol. The van der Waals surface area contributed by atoms with Crippen LogP contribution in [0.15, 0.2) is 12.1 Å². The number of carbonyl (C=O) groups excluding carboxylic acids is 1. The van der Waals surface area contributed by atoms with Crippen LogP contribution in [0, 0.1) is 17.8 Å². The highest BCUT2D eigenvalue weighted by Gasteiger charge is 2.33. The summed E-state index contributed by atoms with van der Waals surface area (Å²) in [4.78, 5) is 12.1. The highest BCUT2D eigenvalue weighted by Crippen LogP contribution is 2.42. The Balaban J connectivity index is 1.98. The van der Waals surface area contributed by atoms with Crippen molar-refractivity contribution in [2.75, 3.05) is 6.61 Å². The lowest BCUT2D eigenvalue weighted by Crippen LogP contribution is -2.21. The largest absolute Gasteiger partial charge is 0.462 e. The van der Waals surface area contributed by atoms with Crippen molar-refractivity contribution in [3.8, 4) is 0 Å². The van der Waals surface area contributed by atoms with Crippen molar-refractivity contribution < 1.29 is 9.53 Å². The Morgan fingerprint density at radius 2 is 2.00 bits per heavy atom. The molecular weight excluding hydrogens is 331 g/mol. The number of esters is 1. The zero-order valence-electron chi connectivity index (χ0n) is 12.2. The first-order valence-electron chi connectivity index (χ1n) is 7.25. The van der Waals surface area contributed by atoms with Crippen molar-refractivity contribution in [1.82, 2.24) is 0 Å². The molecule has 0 aromatic heterocycles. The van der Waals surface area contributed by atoms with Gasteiger partial charge >= 0.3 is 5.97 Å². The number of benzene rings is 1. The van der Waals surface area contributed by atoms with Gasteiger partial charge in [-0.15, -0.1) is 0 Å². The Kier molecular flexibility index (Phi) is 5.81. The van der Waals surface area contributed by atoms with Crippen molar-refractivity contribution in [1.29, 1.82) is 0 Å². The third-order valence-corrected chi connectivity index (χ3v) is 5.14. The topological polar surface area (TPSA) is 26.3 Å². The van der Waals surface area contributed by atoms with E-state index in [0.717, 1.165) is 12.3 Å². The maximum absolute atomic E-state index is 12.1. The molecule has 1 aliphatic carbocycles. The molecule has 1 aliphatic rings. The van der Waals surface area contributed by atoms with Gasteiger partial charge in [-0.3, -0.25) is 0 Å². The Labute approximate surface area is 140 Å². The molecule has 0 heterocycles. The van der Waals surface area contributed by atoms with Crippen molar-refractivity contribution in [3.63, 3.8) is 0 Å². The molecule has 0 bridgehead atoms. The van der Waals surface area contributed by atoms with Gasteiger partial charge in [-0.05, 0) is 42.7 Å². The Bertz CT molecular complexity index is 526. The Morgan fingerprint density at radius 1 is 1.33 bits per heavy atom. The van der Waals surface area contributed by atoms with E-state index in [1.165, 1.54) is 25.0 Å². The van der Waals surface area contributed by atoms with Gasteiger partial charge in [0.1, 0.15) is 0 Å². The fourth-order valence-corrected chi connectivity index (χ4v) is 3.52. The van der Waals surface area contributed by atoms with E-state index in [0.29, 0.717) is 23.5 Å². The number of hydrogen-bond acceptors (Lipinski definition) is 2. The van der Waals surface area contributed by atoms with Crippen molar-refractivity contribution in [2.24, 2.45) is 17.8 Å². The molecule has 2 nitrogen and oxygen atoms in total. The first kappa shape index (κ1) is 16.9. The summed E-state index contributed by atoms with van der Waals surface area (Å²) >= 11 is 17.9. The molecule has 2 unspecified atom stereocenters. The molecular formula is C16H19Cl3O2. The lowest BCUT2D eigenvalue weighted by molar-refractivity contribution is 0.0393. The molecule has 0 amide bonds. The van der Waals surface area contributed by atoms with Gasteiger partial charge in [-0.25, -0.2) is 4.79 Å². The molecule has 21 heavy (non-hydrogen) atoms. The molecule has 0 radical (unpaired) electrons. The monoisotopic (exact) mass is 348 g/mol. The zero-order chi connectivity index (χ0) is 15.6. The highest BCUT2D eigenvalue weighted by atomic mass is 35.5. The van der Waals surface area contributed by atoms with Gasteiger partial charge in [-0.1, -0.05) is 55.1 Å². The third-order valence-electron chi connectivity index (χ3n) is 4.12. The quantitative estimate of drug-likeness (QED) is 0.474. The minimum Gasteiger partial charge on any atom is -0.462 e. The van der Waals surface area contributed by atoms with Crippen LogP contribution in [-0.2, 0) is 4.74 Å². The van der Waals surface area contributed by atoms with Gasteiger partial charge in [0.25, 0.3) is 0 Å². The van der Waals surface area contributed by atoms with Crippen molar-refractivity contribution in [2.45, 2.75) is 33.1 Å². The predicted octanol–water partition coefficient (Wildman–Crippen LogP) is 5.88. The van der Waals surface area contributed by atoms with E-state index < -0.39 is 5.97 Å². The lowest BCUT2D eigenvalue weighted by atomic mass is 9.88. The second-order valence-corrected chi connectivity index (χ2v) is 6.96. The molecule has 1 aromatic carbocycles. The summed E-state index contributed by atoms with van der Waals surface area (Å²) in [5.74, 6) is 1.30. The van der Waals surface area contributed by atoms with Gasteiger partial charge in [0.15, 0.2) is 0 Å². The van der Waals surface area contributed by atoms with E-state index in [-0.39, 0.29) is 15.6 Å². The van der Waals surface area contributed by atoms with Crippen LogP contribution in [-0.4, -0.2) is 12.6 Å². The second-order valence-electron chi connectivity index (χ2n) is 5.73. The third kappa shape index (κ3) is 4.28. The lowest BCUT2D eigenvalue weighted by Gasteiger charge is -2.22. The fraction of sp³-hybridized carbons (Fsp3) is 0.562. The van der Waals surface area contributed by atoms with Gasteiger partial charge in [0, 0.05) is 5.02 Å². The van der Waals surface area contributed by atoms with Crippen LogP contribution < -0.4 is 0 Å². The van der Waals surface area contributed by atoms with Crippen LogP contribution in [0.3, 0.4) is 0 Å². The standard InChI is InChI=1S/C16H19Cl3O2/c1-3-12(10-4-5-10)9(2)8-21-16(20)13-6-11(17)7-14(18)15(13)19/h6-7,9-10,12H,3-5,8H2,1-2H3. The SMILES string of the molecule is CCC(C(C)COC(=O)c1cc(Cl)cc(Cl)c1Cl)C1CC1. The summed E-state index contributed by atoms with van der Waals surface area (Å²) in [6, 6.07) is 2.99. The number of ether oxygens (including phenoxy) is 1. The average molecular weight is 350 g/mol. The van der Waals surface area contributed by atoms with Crippen molar-refractivity contribution in [3.05, 3.63) is 32.8 Å². The van der Waals surface area contributed by atoms with Crippen LogP contribution >= 0.6 is 34.8 Å². The second kappa shape index (κ2) is 7.21. The maximum Gasteiger partial charge on any atom is 0.339 e. The summed E-state index contributed by atoms with van der Waals surface area (Å²) in [6.45, 7) is 4.72. The number of rotatable bonds is 6. The summed E-state index contributed by atoms with van der Waals surface area (Å²) < 4.78 is 5.40. The smallest absolute Gasteiger partial charge is 0.339 e. The Morgan fingerprint density at radius 3 is 2.57 bits per heavy atom. The number of halogens is 3. The first-order valence-corrected chi connectivity index (χ1v) is 8.39. The summed E-state index contributed by atoms with van der Waals surface area (Å²) in [5.41, 5.74) is 0.223. The molecule has 0 aliphatic heterocycles. The molecule has 2 atom stereocenters. The highest BCUT2D eigenvalue weighted by molar-refractivity contribution is 6.45. The molecule has 1 saturated carbocycles. The van der Waals surface area contributed by atoms with E-state index in [2.05, 4.69) is 13.8 Å². The van der Waals surface area contributed by atoms with Crippen LogP contribution in [0.2, 0.25) is 15.1 Å². The van der Waals surface area contributed by atoms with Crippen LogP contribution in [0.4, 0.5) is 0 Å². The minimum atomic E-state index is -0.470. The average Bonchev–Trinajstić information content (AvgIpc) is 3.25. The molecule has 2 rings (SSSR count). The first-order chi connectivity index (χ1) is 9.93. The van der Waals surface area contributed by atoms with E-state index >= 15 is 0 Å². The molecule has 116 valence electrons. The van der Waals surface area contributed by atoms with Gasteiger partial charge < -0.3 is 4.74 Å². The van der Waals surface area contributed by atoms with E-state index in [1.807, 2.05) is 0 Å². The minimum absolute atomic E-state index is 0.188. The number of carbonyl (C=O) groups is 1. The van der Waals surface area contributed by atoms with Crippen LogP contribution in [0.1, 0.15) is 43.5 Å². The molecule has 1 aromatic rings. The van der Waals surface area contributed by atoms with E-state index in [1.54, 1.807) is 0 Å². The van der Waals surface area contributed by atoms with E-state index in [4.69, 9.17) is 39.5 Å². The summed E-state index contributed by atoms with van der Waals surface area (Å²) in [7, 11) is 0. The van der Waals surface area contributed by atoms with Gasteiger partial charge in [-0.2, -0.15) is 0 Å². The summed E-state index contributed by atoms with van der Waals surface area (Å²) in [5, 5.41) is 0.815. The van der Waals surface area contributed by atoms with Crippen LogP contribution in [0.5, 0.6) is 0 Å². The fourth-order valence-electron chi connectivity index (χ4n) is 2.84. The molecule has 1 fully saturated rings. The van der Waals surface area contributed by atoms with Gasteiger partial charge in [0.2, 0.25) is 0 Å². The van der Waals surface area contributed by atoms with Crippen molar-refractivity contribution >= 4 is 40.8 Å². The maximum atomic E-state index is 12.1. The molecule has 5 heteroatoms. The zero-order valence-corrected chi connectivity index (χ0v) is 14.4. The van der Waals surface area contributed by atoms with E-state index in [9.17, 15) is 4.79 Å². The summed E-state index contributed by atoms with van der Waals surface area (Å²) in [6.07, 6.45) is 3.71. The molecule has 0 N–H and O–H groups in total. The molecule has 0 spiro atoms. The number of hydrogen-bond donors (Lipinski definition) is 0. The van der Waals surface area contributed by atoms with Gasteiger partial charge in [0.05, 0.1) is 22.2 Å². The Hall–Kier alpha value is -0.440. The normalized spacial score (nSPS) is 17.4.